The van der Waals surface area contributed by atoms with Gasteiger partial charge in [-0.15, -0.1) is 0 Å². The summed E-state index contributed by atoms with van der Waals surface area (Å²) >= 11 is 6.01. The number of carbonyl (C=O) groups excluding carboxylic acids is 1. The summed E-state index contributed by atoms with van der Waals surface area (Å²) in [5.41, 5.74) is -0.496. The molecule has 5 nitrogen and oxygen atoms in total. The first-order chi connectivity index (χ1) is 11.8. The molecule has 3 aromatic rings. The van der Waals surface area contributed by atoms with Gasteiger partial charge in [0.15, 0.2) is 11.5 Å². The minimum Gasteiger partial charge on any atom is -0.321 e. The van der Waals surface area contributed by atoms with E-state index in [1.807, 2.05) is 0 Å². The van der Waals surface area contributed by atoms with E-state index in [-0.39, 0.29) is 11.4 Å². The van der Waals surface area contributed by atoms with Gasteiger partial charge in [-0.25, -0.2) is 9.67 Å². The van der Waals surface area contributed by atoms with Crippen LogP contribution in [-0.4, -0.2) is 20.7 Å². The predicted octanol–water partition coefficient (Wildman–Crippen LogP) is 4.19. The fourth-order valence-electron chi connectivity index (χ4n) is 2.05. The van der Waals surface area contributed by atoms with Gasteiger partial charge in [0.05, 0.1) is 10.6 Å². The molecule has 0 saturated carbocycles. The van der Waals surface area contributed by atoms with Crippen molar-refractivity contribution in [2.24, 2.45) is 0 Å². The van der Waals surface area contributed by atoms with Gasteiger partial charge < -0.3 is 5.32 Å². The number of alkyl halides is 3. The normalized spacial score (nSPS) is 11.4. The third kappa shape index (κ3) is 3.80. The standard InChI is InChI=1S/C16H10ClF3N4O/c17-12-2-1-8-21-14(12)24-9-7-13(23-24)15(25)22-11-5-3-10(4-6-11)16(18,19)20/h1-9H,(H,22,25). The number of carbonyl (C=O) groups is 1. The second kappa shape index (κ2) is 6.56. The van der Waals surface area contributed by atoms with Crippen LogP contribution in [0.4, 0.5) is 18.9 Å². The van der Waals surface area contributed by atoms with Gasteiger partial charge in [-0.3, -0.25) is 4.79 Å². The van der Waals surface area contributed by atoms with Crippen LogP contribution in [0.3, 0.4) is 0 Å². The van der Waals surface area contributed by atoms with Crippen molar-refractivity contribution < 1.29 is 18.0 Å². The molecule has 1 amide bonds. The average Bonchev–Trinajstić information content (AvgIpc) is 3.05. The van der Waals surface area contributed by atoms with E-state index in [1.165, 1.54) is 35.3 Å². The molecule has 128 valence electrons. The first kappa shape index (κ1) is 17.0. The molecular weight excluding hydrogens is 357 g/mol. The lowest BCUT2D eigenvalue weighted by Crippen LogP contribution is -2.14. The van der Waals surface area contributed by atoms with Crippen LogP contribution in [0.1, 0.15) is 16.1 Å². The van der Waals surface area contributed by atoms with Gasteiger partial charge in [-0.1, -0.05) is 11.6 Å². The van der Waals surface area contributed by atoms with Gasteiger partial charge in [-0.05, 0) is 42.5 Å². The lowest BCUT2D eigenvalue weighted by atomic mass is 10.2. The summed E-state index contributed by atoms with van der Waals surface area (Å²) in [6.07, 6.45) is -1.38. The van der Waals surface area contributed by atoms with Crippen LogP contribution in [-0.2, 0) is 6.18 Å². The summed E-state index contributed by atoms with van der Waals surface area (Å²) in [7, 11) is 0. The van der Waals surface area contributed by atoms with Crippen LogP contribution in [0.5, 0.6) is 0 Å². The Bertz CT molecular complexity index is 906. The van der Waals surface area contributed by atoms with Gasteiger partial charge >= 0.3 is 6.18 Å². The maximum atomic E-state index is 12.5. The molecule has 2 heterocycles. The van der Waals surface area contributed by atoms with Crippen molar-refractivity contribution in [3.05, 3.63) is 71.1 Å². The molecule has 0 spiro atoms. The Kier molecular flexibility index (Phi) is 4.45. The SMILES string of the molecule is O=C(Nc1ccc(C(F)(F)F)cc1)c1ccn(-c2ncccc2Cl)n1. The van der Waals surface area contributed by atoms with Crippen LogP contribution in [0.2, 0.25) is 5.02 Å². The van der Waals surface area contributed by atoms with Crippen LogP contribution in [0.25, 0.3) is 5.82 Å². The average molecular weight is 367 g/mol. The highest BCUT2D eigenvalue weighted by Crippen LogP contribution is 2.29. The van der Waals surface area contributed by atoms with Crippen molar-refractivity contribution in [3.63, 3.8) is 0 Å². The molecule has 0 fully saturated rings. The number of halogens is 4. The molecule has 2 aromatic heterocycles. The molecule has 0 aliphatic rings. The van der Waals surface area contributed by atoms with Crippen LogP contribution in [0, 0.1) is 0 Å². The predicted molar refractivity (Wildman–Crippen MR) is 85.8 cm³/mol. The summed E-state index contributed by atoms with van der Waals surface area (Å²) in [5, 5.41) is 6.91. The largest absolute Gasteiger partial charge is 0.416 e. The summed E-state index contributed by atoms with van der Waals surface area (Å²) in [6.45, 7) is 0. The lowest BCUT2D eigenvalue weighted by molar-refractivity contribution is -0.137. The number of nitrogens with one attached hydrogen (secondary N) is 1. The number of hydrogen-bond donors (Lipinski definition) is 1. The molecular formula is C16H10ClF3N4O. The maximum Gasteiger partial charge on any atom is 0.416 e. The quantitative estimate of drug-likeness (QED) is 0.756. The van der Waals surface area contributed by atoms with E-state index in [9.17, 15) is 18.0 Å². The number of benzene rings is 1. The molecule has 25 heavy (non-hydrogen) atoms. The number of rotatable bonds is 3. The van der Waals surface area contributed by atoms with Gasteiger partial charge in [0, 0.05) is 18.1 Å². The molecule has 0 atom stereocenters. The Hall–Kier alpha value is -2.87. The lowest BCUT2D eigenvalue weighted by Gasteiger charge is -2.08. The van der Waals surface area contributed by atoms with Crippen molar-refractivity contribution in [2.75, 3.05) is 5.32 Å². The van der Waals surface area contributed by atoms with Crippen molar-refractivity contribution >= 4 is 23.2 Å². The van der Waals surface area contributed by atoms with E-state index >= 15 is 0 Å². The first-order valence-electron chi connectivity index (χ1n) is 7.00. The minimum atomic E-state index is -4.43. The minimum absolute atomic E-state index is 0.0709. The zero-order chi connectivity index (χ0) is 18.0. The molecule has 0 radical (unpaired) electrons. The van der Waals surface area contributed by atoms with E-state index in [4.69, 9.17) is 11.6 Å². The molecule has 9 heteroatoms. The van der Waals surface area contributed by atoms with E-state index in [1.54, 1.807) is 12.1 Å². The molecule has 3 rings (SSSR count). The van der Waals surface area contributed by atoms with Crippen molar-refractivity contribution in [1.82, 2.24) is 14.8 Å². The number of anilines is 1. The van der Waals surface area contributed by atoms with Gasteiger partial charge in [0.1, 0.15) is 0 Å². The molecule has 1 N–H and O–H groups in total. The first-order valence-corrected chi connectivity index (χ1v) is 7.37. The number of aromatic nitrogens is 3. The number of nitrogens with zero attached hydrogens (tertiary/aromatic N) is 3. The molecule has 0 bridgehead atoms. The number of hydrogen-bond acceptors (Lipinski definition) is 3. The van der Waals surface area contributed by atoms with Gasteiger partial charge in [0.25, 0.3) is 5.91 Å². The highest BCUT2D eigenvalue weighted by atomic mass is 35.5. The third-order valence-electron chi connectivity index (χ3n) is 3.25. The zero-order valence-corrected chi connectivity index (χ0v) is 13.2. The summed E-state index contributed by atoms with van der Waals surface area (Å²) in [5.74, 6) is -0.205. The molecule has 0 aliphatic carbocycles. The Morgan fingerprint density at radius 2 is 1.84 bits per heavy atom. The van der Waals surface area contributed by atoms with Gasteiger partial charge in [-0.2, -0.15) is 18.3 Å². The Morgan fingerprint density at radius 3 is 2.48 bits per heavy atom. The summed E-state index contributed by atoms with van der Waals surface area (Å²) < 4.78 is 38.9. The van der Waals surface area contributed by atoms with Crippen LogP contribution in [0.15, 0.2) is 54.9 Å². The highest BCUT2D eigenvalue weighted by Gasteiger charge is 2.30. The Labute approximate surface area is 145 Å². The molecule has 0 saturated heterocycles. The second-order valence-corrected chi connectivity index (χ2v) is 5.39. The molecule has 1 aromatic carbocycles. The number of amides is 1. The van der Waals surface area contributed by atoms with Crippen molar-refractivity contribution in [1.29, 1.82) is 0 Å². The Balaban J connectivity index is 1.75. The fourth-order valence-corrected chi connectivity index (χ4v) is 2.25. The smallest absolute Gasteiger partial charge is 0.321 e. The van der Waals surface area contributed by atoms with Crippen molar-refractivity contribution in [2.45, 2.75) is 6.18 Å². The van der Waals surface area contributed by atoms with E-state index in [2.05, 4.69) is 15.4 Å². The molecule has 0 unspecified atom stereocenters. The fraction of sp³-hybridized carbons (Fsp3) is 0.0625. The Morgan fingerprint density at radius 1 is 1.12 bits per heavy atom. The zero-order valence-electron chi connectivity index (χ0n) is 12.5. The summed E-state index contributed by atoms with van der Waals surface area (Å²) in [6, 6.07) is 8.87. The highest BCUT2D eigenvalue weighted by molar-refractivity contribution is 6.32. The van der Waals surface area contributed by atoms with Crippen LogP contribution >= 0.6 is 11.6 Å². The van der Waals surface area contributed by atoms with Crippen LogP contribution < -0.4 is 5.32 Å². The maximum absolute atomic E-state index is 12.5. The van der Waals surface area contributed by atoms with E-state index in [0.29, 0.717) is 10.8 Å². The second-order valence-electron chi connectivity index (χ2n) is 4.98. The van der Waals surface area contributed by atoms with Gasteiger partial charge in [0.2, 0.25) is 0 Å². The van der Waals surface area contributed by atoms with Crippen molar-refractivity contribution in [3.8, 4) is 5.82 Å². The molecule has 0 aliphatic heterocycles. The number of pyridine rings is 1. The van der Waals surface area contributed by atoms with E-state index in [0.717, 1.165) is 12.1 Å². The van der Waals surface area contributed by atoms with E-state index < -0.39 is 17.6 Å². The monoisotopic (exact) mass is 366 g/mol. The topological polar surface area (TPSA) is 59.8 Å². The third-order valence-corrected chi connectivity index (χ3v) is 3.54. The summed E-state index contributed by atoms with van der Waals surface area (Å²) in [4.78, 5) is 16.2.